The van der Waals surface area contributed by atoms with Crippen molar-refractivity contribution in [2.75, 3.05) is 27.3 Å². The molecule has 0 heterocycles. The van der Waals surface area contributed by atoms with Gasteiger partial charge in [0, 0.05) is 14.1 Å². The van der Waals surface area contributed by atoms with Crippen LogP contribution < -0.4 is 0 Å². The third-order valence-electron chi connectivity index (χ3n) is 3.48. The maximum Gasteiger partial charge on any atom is 0.345 e. The Morgan fingerprint density at radius 3 is 1.74 bits per heavy atom. The van der Waals surface area contributed by atoms with E-state index >= 15 is 0 Å². The van der Waals surface area contributed by atoms with Crippen LogP contribution in [0.5, 0.6) is 0 Å². The van der Waals surface area contributed by atoms with Gasteiger partial charge in [0.05, 0.1) is 13.2 Å². The highest BCUT2D eigenvalue weighted by Crippen LogP contribution is 2.09. The molecule has 132 valence electrons. The van der Waals surface area contributed by atoms with Gasteiger partial charge in [-0.1, -0.05) is 40.5 Å². The number of hydrogen-bond acceptors (Lipinski definition) is 5. The maximum atomic E-state index is 12.2. The predicted molar refractivity (Wildman–Crippen MR) is 91.7 cm³/mol. The van der Waals surface area contributed by atoms with Gasteiger partial charge in [-0.25, -0.2) is 9.59 Å². The van der Waals surface area contributed by atoms with E-state index in [0.717, 1.165) is 12.8 Å². The lowest BCUT2D eigenvalue weighted by atomic mass is 10.1. The summed E-state index contributed by atoms with van der Waals surface area (Å²) in [4.78, 5) is 26.1. The normalized spacial score (nSPS) is 13.3. The Morgan fingerprint density at radius 1 is 0.957 bits per heavy atom. The molecule has 0 saturated carbocycles. The summed E-state index contributed by atoms with van der Waals surface area (Å²) >= 11 is 0. The molecule has 5 heteroatoms. The molecule has 0 fully saturated rings. The molecule has 0 bridgehead atoms. The van der Waals surface area contributed by atoms with Crippen molar-refractivity contribution >= 4 is 11.9 Å². The average molecular weight is 325 g/mol. The van der Waals surface area contributed by atoms with E-state index in [9.17, 15) is 9.59 Å². The lowest BCUT2D eigenvalue weighted by Gasteiger charge is -2.13. The molecular weight excluding hydrogens is 294 g/mol. The van der Waals surface area contributed by atoms with Crippen LogP contribution in [-0.4, -0.2) is 44.1 Å². The largest absolute Gasteiger partial charge is 0.462 e. The summed E-state index contributed by atoms with van der Waals surface area (Å²) in [5.74, 6) is -0.756. The van der Waals surface area contributed by atoms with Crippen LogP contribution >= 0.6 is 0 Å². The molecule has 0 saturated heterocycles. The van der Waals surface area contributed by atoms with Crippen molar-refractivity contribution in [2.24, 2.45) is 11.8 Å². The van der Waals surface area contributed by atoms with E-state index in [1.165, 1.54) is 6.08 Å². The molecule has 2 atom stereocenters. The first kappa shape index (κ1) is 21.2. The number of rotatable bonds is 10. The Balaban J connectivity index is 4.93. The van der Waals surface area contributed by atoms with Crippen molar-refractivity contribution < 1.29 is 19.1 Å². The van der Waals surface area contributed by atoms with Gasteiger partial charge >= 0.3 is 11.9 Å². The summed E-state index contributed by atoms with van der Waals surface area (Å²) < 4.78 is 10.4. The lowest BCUT2D eigenvalue weighted by Crippen LogP contribution is -2.22. The molecule has 0 spiro atoms. The second kappa shape index (κ2) is 11.7. The summed E-state index contributed by atoms with van der Waals surface area (Å²) in [5, 5.41) is 0. The first-order chi connectivity index (χ1) is 10.8. The maximum absolute atomic E-state index is 12.2. The van der Waals surface area contributed by atoms with Crippen molar-refractivity contribution in [1.82, 2.24) is 4.90 Å². The molecular formula is C18H31NO4. The molecule has 0 aliphatic carbocycles. The molecule has 2 unspecified atom stereocenters. The fraction of sp³-hybridized carbons (Fsp3) is 0.667. The lowest BCUT2D eigenvalue weighted by molar-refractivity contribution is -0.148. The second-order valence-corrected chi connectivity index (χ2v) is 6.11. The van der Waals surface area contributed by atoms with Gasteiger partial charge in [-0.15, -0.1) is 0 Å². The highest BCUT2D eigenvalue weighted by Gasteiger charge is 2.22. The van der Waals surface area contributed by atoms with Crippen LogP contribution in [0.25, 0.3) is 0 Å². The van der Waals surface area contributed by atoms with Gasteiger partial charge in [-0.2, -0.15) is 0 Å². The van der Waals surface area contributed by atoms with E-state index in [4.69, 9.17) is 9.47 Å². The number of esters is 2. The Labute approximate surface area is 140 Å². The van der Waals surface area contributed by atoms with Gasteiger partial charge in [-0.3, -0.25) is 0 Å². The third kappa shape index (κ3) is 9.76. The molecule has 5 nitrogen and oxygen atoms in total. The summed E-state index contributed by atoms with van der Waals surface area (Å²) in [6, 6.07) is 0. The van der Waals surface area contributed by atoms with Crippen molar-refractivity contribution in [1.29, 1.82) is 0 Å². The predicted octanol–water partition coefficient (Wildman–Crippen LogP) is 3.17. The van der Waals surface area contributed by atoms with Crippen LogP contribution in [0.3, 0.4) is 0 Å². The Hall–Kier alpha value is -1.78. The topological polar surface area (TPSA) is 55.8 Å². The zero-order chi connectivity index (χ0) is 17.8. The SMILES string of the molecule is CCC(C)COC(=O)C(=CC=CN(C)C)C(=O)OCC(C)CC. The Morgan fingerprint density at radius 2 is 1.39 bits per heavy atom. The van der Waals surface area contributed by atoms with Gasteiger partial charge in [0.15, 0.2) is 0 Å². The Kier molecular flexibility index (Phi) is 10.8. The molecule has 0 rings (SSSR count). The summed E-state index contributed by atoms with van der Waals surface area (Å²) in [6.45, 7) is 8.62. The molecule has 23 heavy (non-hydrogen) atoms. The standard InChI is InChI=1S/C18H31NO4/c1-7-14(3)12-22-17(20)16(10-9-11-19(5)6)18(21)23-13-15(4)8-2/h9-11,14-15H,7-8,12-13H2,1-6H3. The number of carbonyl (C=O) groups excluding carboxylic acids is 2. The number of nitrogens with zero attached hydrogens (tertiary/aromatic N) is 1. The average Bonchev–Trinajstić information content (AvgIpc) is 2.53. The minimum absolute atomic E-state index is 0.0743. The monoisotopic (exact) mass is 325 g/mol. The fourth-order valence-electron chi connectivity index (χ4n) is 1.36. The molecule has 0 aromatic rings. The molecule has 0 radical (unpaired) electrons. The number of allylic oxidation sites excluding steroid dienone is 2. The van der Waals surface area contributed by atoms with Gasteiger partial charge in [-0.05, 0) is 30.2 Å². The summed E-state index contributed by atoms with van der Waals surface area (Å²) in [5.41, 5.74) is -0.0743. The molecule has 0 aromatic carbocycles. The van der Waals surface area contributed by atoms with Crippen LogP contribution in [0, 0.1) is 11.8 Å². The van der Waals surface area contributed by atoms with Gasteiger partial charge in [0.25, 0.3) is 0 Å². The van der Waals surface area contributed by atoms with Crippen LogP contribution in [-0.2, 0) is 19.1 Å². The van der Waals surface area contributed by atoms with Gasteiger partial charge in [0.2, 0.25) is 0 Å². The zero-order valence-corrected chi connectivity index (χ0v) is 15.3. The minimum atomic E-state index is -0.636. The molecule has 0 aliphatic heterocycles. The van der Waals surface area contributed by atoms with E-state index in [1.807, 2.05) is 46.7 Å². The third-order valence-corrected chi connectivity index (χ3v) is 3.48. The molecule has 0 aliphatic rings. The molecule has 0 N–H and O–H groups in total. The Bertz CT molecular complexity index is 399. The smallest absolute Gasteiger partial charge is 0.345 e. The van der Waals surface area contributed by atoms with Crippen molar-refractivity contribution in [3.8, 4) is 0 Å². The van der Waals surface area contributed by atoms with E-state index in [1.54, 1.807) is 12.3 Å². The minimum Gasteiger partial charge on any atom is -0.462 e. The van der Waals surface area contributed by atoms with Crippen molar-refractivity contribution in [3.63, 3.8) is 0 Å². The first-order valence-electron chi connectivity index (χ1n) is 8.20. The number of hydrogen-bond donors (Lipinski definition) is 0. The fourth-order valence-corrected chi connectivity index (χ4v) is 1.36. The van der Waals surface area contributed by atoms with Crippen molar-refractivity contribution in [2.45, 2.75) is 40.5 Å². The summed E-state index contributed by atoms with van der Waals surface area (Å²) in [6.07, 6.45) is 6.63. The van der Waals surface area contributed by atoms with Crippen molar-refractivity contribution in [3.05, 3.63) is 23.9 Å². The van der Waals surface area contributed by atoms with Crippen LogP contribution in [0.2, 0.25) is 0 Å². The van der Waals surface area contributed by atoms with E-state index in [2.05, 4.69) is 0 Å². The second-order valence-electron chi connectivity index (χ2n) is 6.11. The van der Waals surface area contributed by atoms with E-state index < -0.39 is 11.9 Å². The van der Waals surface area contributed by atoms with Gasteiger partial charge < -0.3 is 14.4 Å². The zero-order valence-electron chi connectivity index (χ0n) is 15.3. The van der Waals surface area contributed by atoms with Crippen LogP contribution in [0.15, 0.2) is 23.9 Å². The summed E-state index contributed by atoms with van der Waals surface area (Å²) in [7, 11) is 3.71. The highest BCUT2D eigenvalue weighted by molar-refractivity contribution is 6.14. The number of ether oxygens (including phenoxy) is 2. The molecule has 0 aromatic heterocycles. The molecule has 0 amide bonds. The van der Waals surface area contributed by atoms with Crippen LogP contribution in [0.4, 0.5) is 0 Å². The van der Waals surface area contributed by atoms with E-state index in [-0.39, 0.29) is 17.4 Å². The quantitative estimate of drug-likeness (QED) is 0.203. The van der Waals surface area contributed by atoms with Gasteiger partial charge in [0.1, 0.15) is 5.57 Å². The number of carbonyl (C=O) groups is 2. The van der Waals surface area contributed by atoms with E-state index in [0.29, 0.717) is 13.2 Å². The van der Waals surface area contributed by atoms with Crippen LogP contribution in [0.1, 0.15) is 40.5 Å². The highest BCUT2D eigenvalue weighted by atomic mass is 16.6. The first-order valence-corrected chi connectivity index (χ1v) is 8.20.